The van der Waals surface area contributed by atoms with Gasteiger partial charge in [-0.3, -0.25) is 0 Å². The number of nitrogens with one attached hydrogen (secondary N) is 1. The number of H-pyrrole nitrogens is 1. The molecule has 0 radical (unpaired) electrons. The fourth-order valence-corrected chi connectivity index (χ4v) is 4.16. The van der Waals surface area contributed by atoms with Gasteiger partial charge in [-0.2, -0.15) is 0 Å². The van der Waals surface area contributed by atoms with Crippen molar-refractivity contribution in [2.24, 2.45) is 0 Å². The van der Waals surface area contributed by atoms with Gasteiger partial charge in [-0.05, 0) is 29.8 Å². The number of nitrogen functional groups attached to an aromatic ring is 1. The number of aromatic amines is 1. The Morgan fingerprint density at radius 2 is 2.13 bits per heavy atom. The summed E-state index contributed by atoms with van der Waals surface area (Å²) in [6.45, 7) is 0. The van der Waals surface area contributed by atoms with Crippen molar-refractivity contribution in [1.82, 2.24) is 20.4 Å². The minimum atomic E-state index is -3.45. The minimum absolute atomic E-state index is 0.102. The monoisotopic (exact) mass is 353 g/mol. The van der Waals surface area contributed by atoms with E-state index in [1.54, 1.807) is 6.07 Å². The molecular formula is C13H12FN5O2S2. The molecule has 0 fully saturated rings. The van der Waals surface area contributed by atoms with Crippen LogP contribution in [0.5, 0.6) is 0 Å². The van der Waals surface area contributed by atoms with E-state index in [2.05, 4.69) is 20.4 Å². The van der Waals surface area contributed by atoms with Gasteiger partial charge in [0.15, 0.2) is 15.5 Å². The number of benzene rings is 1. The van der Waals surface area contributed by atoms with Gasteiger partial charge in [0.05, 0.1) is 4.90 Å². The Hall–Kier alpha value is -2.20. The first kappa shape index (κ1) is 15.7. The molecule has 0 bridgehead atoms. The quantitative estimate of drug-likeness (QED) is 0.542. The standard InChI is InChI=1S/C13H12FN5O2S2/c1-23(20,21)10-3-2-8(14)4-7(10)6-22-9-5-11(15)16-13-12(9)17-19-18-13/h2-5H,6H2,1H3,(H3,15,16,17,18,19). The van der Waals surface area contributed by atoms with Crippen LogP contribution in [-0.2, 0) is 15.6 Å². The number of fused-ring (bicyclic) bond motifs is 1. The van der Waals surface area contributed by atoms with Crippen LogP contribution < -0.4 is 5.73 Å². The number of pyridine rings is 1. The first-order valence-corrected chi connectivity index (χ1v) is 9.31. The maximum atomic E-state index is 13.5. The van der Waals surface area contributed by atoms with E-state index in [4.69, 9.17) is 5.73 Å². The Morgan fingerprint density at radius 1 is 1.35 bits per heavy atom. The van der Waals surface area contributed by atoms with Crippen LogP contribution in [0.3, 0.4) is 0 Å². The predicted octanol–water partition coefficient (Wildman–Crippen LogP) is 1.77. The normalized spacial score (nSPS) is 11.9. The van der Waals surface area contributed by atoms with E-state index in [0.29, 0.717) is 21.6 Å². The van der Waals surface area contributed by atoms with Crippen molar-refractivity contribution < 1.29 is 12.8 Å². The molecule has 1 aromatic carbocycles. The van der Waals surface area contributed by atoms with E-state index in [-0.39, 0.29) is 16.5 Å². The Bertz CT molecular complexity index is 987. The number of halogens is 1. The van der Waals surface area contributed by atoms with Crippen molar-refractivity contribution in [3.8, 4) is 0 Å². The molecule has 0 spiro atoms. The summed E-state index contributed by atoms with van der Waals surface area (Å²) in [5.41, 5.74) is 7.07. The van der Waals surface area contributed by atoms with Crippen LogP contribution >= 0.6 is 11.8 Å². The Balaban J connectivity index is 1.97. The molecule has 2 heterocycles. The van der Waals surface area contributed by atoms with Crippen LogP contribution in [0.4, 0.5) is 10.2 Å². The number of rotatable bonds is 4. The van der Waals surface area contributed by atoms with E-state index in [9.17, 15) is 12.8 Å². The summed E-state index contributed by atoms with van der Waals surface area (Å²) in [7, 11) is -3.45. The number of aromatic nitrogens is 4. The highest BCUT2D eigenvalue weighted by Gasteiger charge is 2.16. The molecular weight excluding hydrogens is 341 g/mol. The summed E-state index contributed by atoms with van der Waals surface area (Å²) >= 11 is 1.29. The predicted molar refractivity (Wildman–Crippen MR) is 85.2 cm³/mol. The van der Waals surface area contributed by atoms with E-state index < -0.39 is 15.7 Å². The largest absolute Gasteiger partial charge is 0.384 e. The molecule has 0 aliphatic heterocycles. The zero-order chi connectivity index (χ0) is 16.6. The SMILES string of the molecule is CS(=O)(=O)c1ccc(F)cc1CSc1cc(N)nc2[nH]nnc12. The van der Waals surface area contributed by atoms with Crippen molar-refractivity contribution in [1.29, 1.82) is 0 Å². The van der Waals surface area contributed by atoms with Gasteiger partial charge < -0.3 is 5.73 Å². The molecule has 7 nitrogen and oxygen atoms in total. The van der Waals surface area contributed by atoms with Gasteiger partial charge in [0.25, 0.3) is 0 Å². The van der Waals surface area contributed by atoms with Crippen LogP contribution in [0.25, 0.3) is 11.2 Å². The highest BCUT2D eigenvalue weighted by molar-refractivity contribution is 7.98. The molecule has 23 heavy (non-hydrogen) atoms. The highest BCUT2D eigenvalue weighted by atomic mass is 32.2. The zero-order valence-electron chi connectivity index (χ0n) is 11.9. The molecule has 0 aliphatic carbocycles. The van der Waals surface area contributed by atoms with Gasteiger partial charge in [0.1, 0.15) is 17.2 Å². The Kier molecular flexibility index (Phi) is 3.94. The van der Waals surface area contributed by atoms with E-state index >= 15 is 0 Å². The lowest BCUT2D eigenvalue weighted by atomic mass is 10.2. The van der Waals surface area contributed by atoms with Gasteiger partial charge in [-0.25, -0.2) is 22.9 Å². The first-order valence-electron chi connectivity index (χ1n) is 6.43. The van der Waals surface area contributed by atoms with Crippen molar-refractivity contribution in [2.75, 3.05) is 12.0 Å². The lowest BCUT2D eigenvalue weighted by molar-refractivity contribution is 0.599. The van der Waals surface area contributed by atoms with E-state index in [1.807, 2.05) is 0 Å². The number of hydrogen-bond donors (Lipinski definition) is 2. The van der Waals surface area contributed by atoms with Gasteiger partial charge in [-0.15, -0.1) is 16.9 Å². The fraction of sp³-hybridized carbons (Fsp3) is 0.154. The van der Waals surface area contributed by atoms with Crippen molar-refractivity contribution >= 4 is 38.6 Å². The number of nitrogens with zero attached hydrogens (tertiary/aromatic N) is 3. The lowest BCUT2D eigenvalue weighted by Crippen LogP contribution is -2.02. The number of hydrogen-bond acceptors (Lipinski definition) is 7. The molecule has 3 N–H and O–H groups in total. The van der Waals surface area contributed by atoms with Crippen LogP contribution in [0.1, 0.15) is 5.56 Å². The molecule has 3 aromatic rings. The van der Waals surface area contributed by atoms with Gasteiger partial charge >= 0.3 is 0 Å². The second kappa shape index (κ2) is 5.78. The Morgan fingerprint density at radius 3 is 2.87 bits per heavy atom. The smallest absolute Gasteiger partial charge is 0.179 e. The average Bonchev–Trinajstić information content (AvgIpc) is 2.91. The van der Waals surface area contributed by atoms with Crippen LogP contribution in [0, 0.1) is 5.82 Å². The summed E-state index contributed by atoms with van der Waals surface area (Å²) < 4.78 is 37.1. The molecule has 3 rings (SSSR count). The van der Waals surface area contributed by atoms with Gasteiger partial charge in [0.2, 0.25) is 0 Å². The number of anilines is 1. The second-order valence-corrected chi connectivity index (χ2v) is 7.87. The summed E-state index contributed by atoms with van der Waals surface area (Å²) in [6.07, 6.45) is 1.09. The van der Waals surface area contributed by atoms with Crippen molar-refractivity contribution in [3.63, 3.8) is 0 Å². The molecule has 0 unspecified atom stereocenters. The third-order valence-electron chi connectivity index (χ3n) is 3.09. The van der Waals surface area contributed by atoms with Crippen LogP contribution in [-0.4, -0.2) is 35.1 Å². The minimum Gasteiger partial charge on any atom is -0.384 e. The molecule has 0 aliphatic rings. The fourth-order valence-electron chi connectivity index (χ4n) is 2.12. The summed E-state index contributed by atoms with van der Waals surface area (Å²) in [5.74, 6) is 0.0356. The van der Waals surface area contributed by atoms with Crippen LogP contribution in [0.2, 0.25) is 0 Å². The zero-order valence-corrected chi connectivity index (χ0v) is 13.6. The number of nitrogens with two attached hydrogens (primary N) is 1. The molecule has 10 heteroatoms. The van der Waals surface area contributed by atoms with Crippen molar-refractivity contribution in [2.45, 2.75) is 15.5 Å². The molecule has 0 saturated heterocycles. The molecule has 0 saturated carbocycles. The average molecular weight is 353 g/mol. The second-order valence-electron chi connectivity index (χ2n) is 4.87. The summed E-state index contributed by atoms with van der Waals surface area (Å²) in [5, 5.41) is 10.2. The lowest BCUT2D eigenvalue weighted by Gasteiger charge is -2.08. The van der Waals surface area contributed by atoms with E-state index in [1.165, 1.54) is 23.9 Å². The molecule has 2 aromatic heterocycles. The number of thioether (sulfide) groups is 1. The third kappa shape index (κ3) is 3.27. The summed E-state index contributed by atoms with van der Waals surface area (Å²) in [6, 6.07) is 5.24. The molecule has 120 valence electrons. The third-order valence-corrected chi connectivity index (χ3v) is 5.36. The van der Waals surface area contributed by atoms with Gasteiger partial charge in [0, 0.05) is 16.9 Å². The summed E-state index contributed by atoms with van der Waals surface area (Å²) in [4.78, 5) is 4.84. The maximum absolute atomic E-state index is 13.5. The van der Waals surface area contributed by atoms with Gasteiger partial charge in [-0.1, -0.05) is 5.21 Å². The molecule has 0 atom stereocenters. The number of sulfone groups is 1. The first-order chi connectivity index (χ1) is 10.8. The van der Waals surface area contributed by atoms with E-state index in [0.717, 1.165) is 12.3 Å². The highest BCUT2D eigenvalue weighted by Crippen LogP contribution is 2.31. The Labute approximate surface area is 135 Å². The molecule has 0 amide bonds. The topological polar surface area (TPSA) is 115 Å². The van der Waals surface area contributed by atoms with Crippen LogP contribution in [0.15, 0.2) is 34.1 Å². The maximum Gasteiger partial charge on any atom is 0.179 e. The van der Waals surface area contributed by atoms with Crippen molar-refractivity contribution in [3.05, 3.63) is 35.6 Å².